The molecule has 0 atom stereocenters. The summed E-state index contributed by atoms with van der Waals surface area (Å²) in [4.78, 5) is 15.1. The summed E-state index contributed by atoms with van der Waals surface area (Å²) in [6, 6.07) is 4.99. The van der Waals surface area contributed by atoms with Crippen molar-refractivity contribution in [3.05, 3.63) is 39.7 Å². The molecular formula is C14H18N4O3. The van der Waals surface area contributed by atoms with E-state index in [1.165, 1.54) is 0 Å². The van der Waals surface area contributed by atoms with Crippen LogP contribution in [0, 0.1) is 17.0 Å². The summed E-state index contributed by atoms with van der Waals surface area (Å²) in [6.45, 7) is 5.55. The van der Waals surface area contributed by atoms with Gasteiger partial charge in [-0.3, -0.25) is 10.1 Å². The van der Waals surface area contributed by atoms with Crippen molar-refractivity contribution in [3.8, 4) is 11.5 Å². The third-order valence-corrected chi connectivity index (χ3v) is 3.78. The van der Waals surface area contributed by atoms with Gasteiger partial charge in [-0.1, -0.05) is 31.1 Å². The van der Waals surface area contributed by atoms with Crippen LogP contribution in [-0.4, -0.2) is 15.1 Å². The number of rotatable bonds is 5. The first kappa shape index (κ1) is 15.1. The van der Waals surface area contributed by atoms with Gasteiger partial charge >= 0.3 is 0 Å². The molecule has 0 aliphatic heterocycles. The van der Waals surface area contributed by atoms with Crippen LogP contribution in [0.15, 0.2) is 22.7 Å². The highest BCUT2D eigenvalue weighted by molar-refractivity contribution is 5.69. The smallest absolute Gasteiger partial charge is 0.285 e. The van der Waals surface area contributed by atoms with Crippen LogP contribution in [0.25, 0.3) is 11.5 Å². The molecular weight excluding hydrogens is 272 g/mol. The number of benzene rings is 1. The molecule has 0 aliphatic rings. The van der Waals surface area contributed by atoms with Crippen molar-refractivity contribution in [2.75, 3.05) is 0 Å². The van der Waals surface area contributed by atoms with Gasteiger partial charge in [-0.05, 0) is 25.8 Å². The first-order valence-corrected chi connectivity index (χ1v) is 6.80. The number of para-hydroxylation sites is 1. The molecule has 7 nitrogen and oxygen atoms in total. The molecule has 0 fully saturated rings. The monoisotopic (exact) mass is 290 g/mol. The third-order valence-electron chi connectivity index (χ3n) is 3.78. The lowest BCUT2D eigenvalue weighted by Gasteiger charge is -2.21. The predicted octanol–water partition coefficient (Wildman–Crippen LogP) is 2.93. The van der Waals surface area contributed by atoms with E-state index >= 15 is 0 Å². The minimum atomic E-state index is -0.680. The fourth-order valence-electron chi connectivity index (χ4n) is 2.18. The first-order valence-electron chi connectivity index (χ1n) is 6.80. The zero-order valence-corrected chi connectivity index (χ0v) is 12.3. The van der Waals surface area contributed by atoms with Crippen LogP contribution in [0.3, 0.4) is 0 Å². The Morgan fingerprint density at radius 2 is 2.05 bits per heavy atom. The number of hydrogen-bond acceptors (Lipinski definition) is 6. The molecule has 0 bridgehead atoms. The molecule has 7 heteroatoms. The van der Waals surface area contributed by atoms with E-state index in [4.69, 9.17) is 10.3 Å². The van der Waals surface area contributed by atoms with Gasteiger partial charge in [0.15, 0.2) is 5.82 Å². The van der Waals surface area contributed by atoms with Gasteiger partial charge < -0.3 is 10.3 Å². The lowest BCUT2D eigenvalue weighted by molar-refractivity contribution is -0.384. The van der Waals surface area contributed by atoms with E-state index in [1.54, 1.807) is 25.1 Å². The van der Waals surface area contributed by atoms with E-state index in [2.05, 4.69) is 10.1 Å². The van der Waals surface area contributed by atoms with Crippen molar-refractivity contribution in [1.82, 2.24) is 10.1 Å². The zero-order chi connectivity index (χ0) is 15.6. The van der Waals surface area contributed by atoms with E-state index in [1.807, 2.05) is 13.8 Å². The Labute approximate surface area is 122 Å². The Hall–Kier alpha value is -2.28. The second-order valence-corrected chi connectivity index (χ2v) is 5.01. The fraction of sp³-hybridized carbons (Fsp3) is 0.429. The fourth-order valence-corrected chi connectivity index (χ4v) is 2.18. The summed E-state index contributed by atoms with van der Waals surface area (Å²) < 4.78 is 5.20. The molecule has 112 valence electrons. The van der Waals surface area contributed by atoms with Gasteiger partial charge in [0, 0.05) is 5.56 Å². The molecule has 0 radical (unpaired) electrons. The number of aromatic nitrogens is 2. The second-order valence-electron chi connectivity index (χ2n) is 5.01. The molecule has 0 spiro atoms. The highest BCUT2D eigenvalue weighted by atomic mass is 16.6. The summed E-state index contributed by atoms with van der Waals surface area (Å²) in [6.07, 6.45) is 1.30. The average Bonchev–Trinajstić information content (AvgIpc) is 2.96. The molecule has 1 aromatic carbocycles. The minimum absolute atomic E-state index is 0.0247. The molecule has 0 saturated carbocycles. The molecule has 1 heterocycles. The lowest BCUT2D eigenvalue weighted by atomic mass is 9.93. The number of nitro benzene ring substituents is 1. The molecule has 0 amide bonds. The van der Waals surface area contributed by atoms with E-state index < -0.39 is 10.5 Å². The Balaban J connectivity index is 2.53. The summed E-state index contributed by atoms with van der Waals surface area (Å²) in [5.74, 6) is 0.496. The van der Waals surface area contributed by atoms with Crippen LogP contribution in [0.5, 0.6) is 0 Å². The van der Waals surface area contributed by atoms with Gasteiger partial charge in [0.05, 0.1) is 10.5 Å². The number of nitrogens with two attached hydrogens (primary N) is 1. The summed E-state index contributed by atoms with van der Waals surface area (Å²) >= 11 is 0. The normalized spacial score (nSPS) is 11.6. The third kappa shape index (κ3) is 2.64. The highest BCUT2D eigenvalue weighted by Crippen LogP contribution is 2.33. The standard InChI is InChI=1S/C14H18N4O3/c1-4-14(15,5-2)13-16-12(21-17-13)10-8-6-7-9(3)11(10)18(19)20/h6-8H,4-5,15H2,1-3H3. The average molecular weight is 290 g/mol. The van der Waals surface area contributed by atoms with Crippen LogP contribution in [0.2, 0.25) is 0 Å². The van der Waals surface area contributed by atoms with Gasteiger partial charge in [-0.15, -0.1) is 0 Å². The SMILES string of the molecule is CCC(N)(CC)c1noc(-c2cccc(C)c2[N+](=O)[O-])n1. The van der Waals surface area contributed by atoms with E-state index in [0.29, 0.717) is 29.8 Å². The van der Waals surface area contributed by atoms with Crippen molar-refractivity contribution in [3.63, 3.8) is 0 Å². The quantitative estimate of drug-likeness (QED) is 0.670. The Morgan fingerprint density at radius 3 is 2.62 bits per heavy atom. The van der Waals surface area contributed by atoms with Gasteiger partial charge in [0.2, 0.25) is 0 Å². The van der Waals surface area contributed by atoms with Crippen LogP contribution in [0.1, 0.15) is 38.1 Å². The van der Waals surface area contributed by atoms with Crippen molar-refractivity contribution >= 4 is 5.69 Å². The number of hydrogen-bond donors (Lipinski definition) is 1. The topological polar surface area (TPSA) is 108 Å². The maximum atomic E-state index is 11.2. The lowest BCUT2D eigenvalue weighted by Crippen LogP contribution is -2.36. The summed E-state index contributed by atoms with van der Waals surface area (Å²) in [5, 5.41) is 15.1. The van der Waals surface area contributed by atoms with E-state index in [0.717, 1.165) is 0 Å². The summed E-state index contributed by atoms with van der Waals surface area (Å²) in [5.41, 5.74) is 6.37. The van der Waals surface area contributed by atoms with Crippen LogP contribution < -0.4 is 5.73 Å². The Bertz CT molecular complexity index is 662. The molecule has 0 aliphatic carbocycles. The Kier molecular flexibility index (Phi) is 4.04. The maximum Gasteiger partial charge on any atom is 0.285 e. The number of aryl methyl sites for hydroxylation is 1. The van der Waals surface area contributed by atoms with E-state index in [9.17, 15) is 10.1 Å². The van der Waals surface area contributed by atoms with Crippen molar-refractivity contribution in [2.24, 2.45) is 5.73 Å². The Morgan fingerprint density at radius 1 is 1.38 bits per heavy atom. The largest absolute Gasteiger partial charge is 0.334 e. The van der Waals surface area contributed by atoms with E-state index in [-0.39, 0.29) is 11.6 Å². The zero-order valence-electron chi connectivity index (χ0n) is 12.3. The molecule has 2 rings (SSSR count). The van der Waals surface area contributed by atoms with Gasteiger partial charge in [0.25, 0.3) is 11.6 Å². The van der Waals surface area contributed by atoms with Gasteiger partial charge in [-0.2, -0.15) is 4.98 Å². The van der Waals surface area contributed by atoms with Crippen LogP contribution >= 0.6 is 0 Å². The second kappa shape index (κ2) is 5.61. The molecule has 0 unspecified atom stereocenters. The first-order chi connectivity index (χ1) is 9.92. The minimum Gasteiger partial charge on any atom is -0.334 e. The molecule has 0 saturated heterocycles. The van der Waals surface area contributed by atoms with Crippen LogP contribution in [-0.2, 0) is 5.54 Å². The number of nitro groups is 1. The van der Waals surface area contributed by atoms with Crippen molar-refractivity contribution < 1.29 is 9.45 Å². The highest BCUT2D eigenvalue weighted by Gasteiger charge is 2.31. The molecule has 21 heavy (non-hydrogen) atoms. The predicted molar refractivity (Wildman–Crippen MR) is 77.6 cm³/mol. The van der Waals surface area contributed by atoms with Crippen LogP contribution in [0.4, 0.5) is 5.69 Å². The molecule has 1 aromatic heterocycles. The summed E-state index contributed by atoms with van der Waals surface area (Å²) in [7, 11) is 0. The van der Waals surface area contributed by atoms with Crippen molar-refractivity contribution in [1.29, 1.82) is 0 Å². The van der Waals surface area contributed by atoms with Crippen molar-refractivity contribution in [2.45, 2.75) is 39.2 Å². The van der Waals surface area contributed by atoms with Gasteiger partial charge in [0.1, 0.15) is 5.56 Å². The number of nitrogens with zero attached hydrogens (tertiary/aromatic N) is 3. The maximum absolute atomic E-state index is 11.2. The van der Waals surface area contributed by atoms with Gasteiger partial charge in [-0.25, -0.2) is 0 Å². The molecule has 2 N–H and O–H groups in total. The molecule has 2 aromatic rings.